The molecule has 1 aliphatic heterocycles. The zero-order valence-electron chi connectivity index (χ0n) is 12.8. The molecule has 0 aliphatic carbocycles. The van der Waals surface area contributed by atoms with E-state index in [1.165, 1.54) is 6.20 Å². The van der Waals surface area contributed by atoms with Crippen LogP contribution in [0.5, 0.6) is 0 Å². The Morgan fingerprint density at radius 2 is 2.32 bits per heavy atom. The van der Waals surface area contributed by atoms with Gasteiger partial charge in [0.25, 0.3) is 0 Å². The summed E-state index contributed by atoms with van der Waals surface area (Å²) in [7, 11) is 0. The smallest absolute Gasteiger partial charge is 0.410 e. The summed E-state index contributed by atoms with van der Waals surface area (Å²) in [5.41, 5.74) is -0.414. The number of nitriles is 1. The molecule has 1 atom stereocenters. The first-order valence-electron chi connectivity index (χ1n) is 6.95. The number of rotatable bonds is 2. The van der Waals surface area contributed by atoms with E-state index in [2.05, 4.69) is 15.3 Å². The minimum absolute atomic E-state index is 0.0471. The van der Waals surface area contributed by atoms with Crippen molar-refractivity contribution in [3.63, 3.8) is 0 Å². The zero-order chi connectivity index (χ0) is 16.3. The van der Waals surface area contributed by atoms with Crippen LogP contribution in [0, 0.1) is 11.3 Å². The molecule has 0 radical (unpaired) electrons. The SMILES string of the molecule is CC(C)(C)OC(=O)N1CCC(Nc2cnc(C#N)c(Cl)n2)C1. The highest BCUT2D eigenvalue weighted by Gasteiger charge is 2.29. The van der Waals surface area contributed by atoms with Gasteiger partial charge in [0.15, 0.2) is 10.8 Å². The Morgan fingerprint density at radius 3 is 2.91 bits per heavy atom. The first-order chi connectivity index (χ1) is 10.3. The second kappa shape index (κ2) is 6.36. The summed E-state index contributed by atoms with van der Waals surface area (Å²) in [5.74, 6) is 0.486. The highest BCUT2D eigenvalue weighted by molar-refractivity contribution is 6.30. The minimum Gasteiger partial charge on any atom is -0.444 e. The number of carbonyl (C=O) groups excluding carboxylic acids is 1. The van der Waals surface area contributed by atoms with Gasteiger partial charge in [-0.2, -0.15) is 5.26 Å². The first-order valence-corrected chi connectivity index (χ1v) is 7.33. The van der Waals surface area contributed by atoms with Crippen LogP contribution in [0.1, 0.15) is 32.9 Å². The molecular weight excluding hydrogens is 306 g/mol. The van der Waals surface area contributed by atoms with E-state index in [1.54, 1.807) is 4.90 Å². The van der Waals surface area contributed by atoms with Crippen molar-refractivity contribution in [3.05, 3.63) is 17.0 Å². The molecule has 1 aromatic heterocycles. The number of hydrogen-bond acceptors (Lipinski definition) is 6. The molecule has 0 aromatic carbocycles. The maximum atomic E-state index is 12.0. The molecule has 0 spiro atoms. The van der Waals surface area contributed by atoms with Crippen molar-refractivity contribution in [2.75, 3.05) is 18.4 Å². The average molecular weight is 324 g/mol. The lowest BCUT2D eigenvalue weighted by molar-refractivity contribution is 0.0293. The van der Waals surface area contributed by atoms with Gasteiger partial charge in [0, 0.05) is 19.1 Å². The van der Waals surface area contributed by atoms with E-state index >= 15 is 0 Å². The summed E-state index contributed by atoms with van der Waals surface area (Å²) in [5, 5.41) is 12.0. The summed E-state index contributed by atoms with van der Waals surface area (Å²) in [4.78, 5) is 21.6. The fraction of sp³-hybridized carbons (Fsp3) is 0.571. The maximum absolute atomic E-state index is 12.0. The van der Waals surface area contributed by atoms with Gasteiger partial charge in [0.1, 0.15) is 17.5 Å². The van der Waals surface area contributed by atoms with Gasteiger partial charge < -0.3 is 15.0 Å². The van der Waals surface area contributed by atoms with Crippen LogP contribution in [0.3, 0.4) is 0 Å². The van der Waals surface area contributed by atoms with Crippen LogP contribution < -0.4 is 5.32 Å². The quantitative estimate of drug-likeness (QED) is 0.898. The lowest BCUT2D eigenvalue weighted by atomic mass is 10.2. The highest BCUT2D eigenvalue weighted by Crippen LogP contribution is 2.19. The molecule has 1 saturated heterocycles. The van der Waals surface area contributed by atoms with Crippen LogP contribution in [0.4, 0.5) is 10.6 Å². The largest absolute Gasteiger partial charge is 0.444 e. The number of amides is 1. The molecule has 7 nitrogen and oxygen atoms in total. The molecule has 8 heteroatoms. The lowest BCUT2D eigenvalue weighted by Gasteiger charge is -2.24. The van der Waals surface area contributed by atoms with Crippen LogP contribution in [0.25, 0.3) is 0 Å². The van der Waals surface area contributed by atoms with Crippen LogP contribution in [-0.4, -0.2) is 45.7 Å². The topological polar surface area (TPSA) is 91.1 Å². The number of halogens is 1. The van der Waals surface area contributed by atoms with Gasteiger partial charge in [-0.15, -0.1) is 0 Å². The van der Waals surface area contributed by atoms with Gasteiger partial charge in [-0.25, -0.2) is 14.8 Å². The molecular formula is C14H18ClN5O2. The van der Waals surface area contributed by atoms with Crippen molar-refractivity contribution >= 4 is 23.5 Å². The molecule has 1 aromatic rings. The second-order valence-corrected chi connectivity index (χ2v) is 6.42. The molecule has 1 amide bonds. The molecule has 22 heavy (non-hydrogen) atoms. The third-order valence-corrected chi connectivity index (χ3v) is 3.29. The Morgan fingerprint density at radius 1 is 1.59 bits per heavy atom. The normalized spacial score (nSPS) is 18.0. The van der Waals surface area contributed by atoms with Gasteiger partial charge in [-0.3, -0.25) is 0 Å². The molecule has 118 valence electrons. The van der Waals surface area contributed by atoms with E-state index in [9.17, 15) is 4.79 Å². The van der Waals surface area contributed by atoms with Crippen LogP contribution >= 0.6 is 11.6 Å². The van der Waals surface area contributed by atoms with E-state index < -0.39 is 5.60 Å². The second-order valence-electron chi connectivity index (χ2n) is 6.06. The Kier molecular flexibility index (Phi) is 4.71. The average Bonchev–Trinajstić information content (AvgIpc) is 2.85. The molecule has 1 fully saturated rings. The number of carbonyl (C=O) groups is 1. The Balaban J connectivity index is 1.93. The molecule has 0 bridgehead atoms. The van der Waals surface area contributed by atoms with Gasteiger partial charge >= 0.3 is 6.09 Å². The predicted molar refractivity (Wildman–Crippen MR) is 81.6 cm³/mol. The van der Waals surface area contributed by atoms with Crippen molar-refractivity contribution in [3.8, 4) is 6.07 Å². The number of nitrogens with zero attached hydrogens (tertiary/aromatic N) is 4. The van der Waals surface area contributed by atoms with Gasteiger partial charge in [-0.05, 0) is 27.2 Å². The predicted octanol–water partition coefficient (Wildman–Crippen LogP) is 2.42. The van der Waals surface area contributed by atoms with Crippen LogP contribution in [-0.2, 0) is 4.74 Å². The van der Waals surface area contributed by atoms with Crippen LogP contribution in [0.2, 0.25) is 5.15 Å². The first kappa shape index (κ1) is 16.3. The number of likely N-dealkylation sites (tertiary alicyclic amines) is 1. The molecule has 2 rings (SSSR count). The van der Waals surface area contributed by atoms with E-state index in [0.717, 1.165) is 6.42 Å². The number of anilines is 1. The monoisotopic (exact) mass is 323 g/mol. The molecule has 2 heterocycles. The standard InChI is InChI=1S/C14H18ClN5O2/c1-14(2,3)22-13(21)20-5-4-9(8-20)18-11-7-17-10(6-16)12(15)19-11/h7,9H,4-5,8H2,1-3H3,(H,18,19). The molecule has 1 aliphatic rings. The summed E-state index contributed by atoms with van der Waals surface area (Å²) >= 11 is 5.85. The van der Waals surface area contributed by atoms with E-state index in [-0.39, 0.29) is 23.0 Å². The number of hydrogen-bond donors (Lipinski definition) is 1. The maximum Gasteiger partial charge on any atom is 0.410 e. The lowest BCUT2D eigenvalue weighted by Crippen LogP contribution is -2.36. The van der Waals surface area contributed by atoms with E-state index in [1.807, 2.05) is 26.8 Å². The molecule has 1 N–H and O–H groups in total. The number of ether oxygens (including phenoxy) is 1. The van der Waals surface area contributed by atoms with Gasteiger partial charge in [0.05, 0.1) is 6.20 Å². The van der Waals surface area contributed by atoms with Crippen molar-refractivity contribution in [1.29, 1.82) is 5.26 Å². The Hall–Kier alpha value is -2.07. The number of aromatic nitrogens is 2. The van der Waals surface area contributed by atoms with E-state index in [4.69, 9.17) is 21.6 Å². The van der Waals surface area contributed by atoms with Crippen molar-refractivity contribution in [1.82, 2.24) is 14.9 Å². The molecule has 0 saturated carbocycles. The number of nitrogens with one attached hydrogen (secondary N) is 1. The third kappa shape index (κ3) is 4.21. The van der Waals surface area contributed by atoms with Crippen molar-refractivity contribution in [2.45, 2.75) is 38.8 Å². The summed E-state index contributed by atoms with van der Waals surface area (Å²) in [6.07, 6.45) is 1.92. The van der Waals surface area contributed by atoms with Gasteiger partial charge in [0.2, 0.25) is 0 Å². The fourth-order valence-corrected chi connectivity index (χ4v) is 2.27. The highest BCUT2D eigenvalue weighted by atomic mass is 35.5. The summed E-state index contributed by atoms with van der Waals surface area (Å²) in [6, 6.07) is 1.90. The van der Waals surface area contributed by atoms with E-state index in [0.29, 0.717) is 18.9 Å². The fourth-order valence-electron chi connectivity index (χ4n) is 2.09. The zero-order valence-corrected chi connectivity index (χ0v) is 13.5. The van der Waals surface area contributed by atoms with Crippen molar-refractivity contribution < 1.29 is 9.53 Å². The summed E-state index contributed by atoms with van der Waals surface area (Å²) in [6.45, 7) is 6.65. The van der Waals surface area contributed by atoms with Crippen molar-refractivity contribution in [2.24, 2.45) is 0 Å². The summed E-state index contributed by atoms with van der Waals surface area (Å²) < 4.78 is 5.34. The Labute approximate surface area is 134 Å². The van der Waals surface area contributed by atoms with Gasteiger partial charge in [-0.1, -0.05) is 11.6 Å². The minimum atomic E-state index is -0.505. The Bertz CT molecular complexity index is 608. The molecule has 1 unspecified atom stereocenters. The third-order valence-electron chi connectivity index (χ3n) is 3.03. The van der Waals surface area contributed by atoms with Crippen LogP contribution in [0.15, 0.2) is 6.20 Å².